The molecule has 70 valence electrons. The predicted octanol–water partition coefficient (Wildman–Crippen LogP) is -0.662. The van der Waals surface area contributed by atoms with E-state index in [0.717, 1.165) is 24.1 Å². The summed E-state index contributed by atoms with van der Waals surface area (Å²) in [6.07, 6.45) is 3.45. The molecule has 0 amide bonds. The van der Waals surface area contributed by atoms with E-state index in [1.165, 1.54) is 5.56 Å². The monoisotopic (exact) mass is 178 g/mol. The van der Waals surface area contributed by atoms with Gasteiger partial charge in [-0.2, -0.15) is 0 Å². The molecule has 0 aromatic heterocycles. The first kappa shape index (κ1) is 9.74. The number of hydrogen-bond donors (Lipinski definition) is 3. The number of anilines is 1. The van der Waals surface area contributed by atoms with Crippen molar-refractivity contribution in [2.45, 2.75) is 12.8 Å². The summed E-state index contributed by atoms with van der Waals surface area (Å²) in [6, 6.07) is 5.82. The number of benzene rings is 1. The summed E-state index contributed by atoms with van der Waals surface area (Å²) in [5.41, 5.74) is 14.0. The Morgan fingerprint density at radius 1 is 1.38 bits per heavy atom. The summed E-state index contributed by atoms with van der Waals surface area (Å²) in [5, 5.41) is 5.49. The summed E-state index contributed by atoms with van der Waals surface area (Å²) in [6.45, 7) is 0.693. The minimum atomic E-state index is 0.693. The van der Waals surface area contributed by atoms with Crippen LogP contribution in [-0.4, -0.2) is 12.8 Å². The fraction of sp³-hybridized carbons (Fsp3) is 0.300. The van der Waals surface area contributed by atoms with Gasteiger partial charge in [0.2, 0.25) is 0 Å². The average Bonchev–Trinajstić information content (AvgIpc) is 2.15. The smallest absolute Gasteiger partial charge is 0.169 e. The molecule has 0 fully saturated rings. The molecule has 0 aliphatic carbocycles. The highest BCUT2D eigenvalue weighted by Crippen LogP contribution is 2.15. The van der Waals surface area contributed by atoms with Crippen molar-refractivity contribution in [2.24, 2.45) is 5.73 Å². The predicted molar refractivity (Wildman–Crippen MR) is 55.3 cm³/mol. The van der Waals surface area contributed by atoms with E-state index in [1.54, 1.807) is 6.21 Å². The van der Waals surface area contributed by atoms with Crippen molar-refractivity contribution in [1.29, 1.82) is 0 Å². The van der Waals surface area contributed by atoms with Crippen molar-refractivity contribution in [2.75, 3.05) is 12.3 Å². The molecule has 6 N–H and O–H groups in total. The lowest BCUT2D eigenvalue weighted by Crippen LogP contribution is -2.31. The molecule has 0 unspecified atom stereocenters. The Morgan fingerprint density at radius 2 is 2.15 bits per heavy atom. The van der Waals surface area contributed by atoms with E-state index >= 15 is 0 Å². The molecular weight excluding hydrogens is 162 g/mol. The second-order valence-corrected chi connectivity index (χ2v) is 2.98. The van der Waals surface area contributed by atoms with Crippen molar-refractivity contribution >= 4 is 11.9 Å². The van der Waals surface area contributed by atoms with Gasteiger partial charge < -0.3 is 11.5 Å². The fourth-order valence-corrected chi connectivity index (χ4v) is 1.35. The maximum absolute atomic E-state index is 5.76. The average molecular weight is 178 g/mol. The first-order chi connectivity index (χ1) is 6.29. The fourth-order valence-electron chi connectivity index (χ4n) is 1.35. The Labute approximate surface area is 78.3 Å². The van der Waals surface area contributed by atoms with Crippen LogP contribution >= 0.6 is 0 Å². The highest BCUT2D eigenvalue weighted by atomic mass is 14.6. The first-order valence-electron chi connectivity index (χ1n) is 4.42. The van der Waals surface area contributed by atoms with Crippen LogP contribution in [0, 0.1) is 0 Å². The van der Waals surface area contributed by atoms with Gasteiger partial charge in [-0.3, -0.25) is 5.41 Å². The van der Waals surface area contributed by atoms with Crippen molar-refractivity contribution < 1.29 is 5.41 Å². The van der Waals surface area contributed by atoms with Gasteiger partial charge in [0.25, 0.3) is 0 Å². The molecule has 0 bridgehead atoms. The molecule has 1 rings (SSSR count). The Bertz CT molecular complexity index is 294. The maximum Gasteiger partial charge on any atom is 0.169 e. The normalized spacial score (nSPS) is 9.92. The van der Waals surface area contributed by atoms with Gasteiger partial charge in [-0.05, 0) is 31.0 Å². The SMILES string of the molecule is NCCCc1cccc(N)c1C=[NH2+]. The molecule has 0 saturated carbocycles. The molecule has 0 saturated heterocycles. The first-order valence-corrected chi connectivity index (χ1v) is 4.42. The lowest BCUT2D eigenvalue weighted by Gasteiger charge is -2.05. The zero-order valence-electron chi connectivity index (χ0n) is 7.66. The van der Waals surface area contributed by atoms with Crippen LogP contribution in [-0.2, 0) is 6.42 Å². The van der Waals surface area contributed by atoms with Gasteiger partial charge in [0.05, 0.1) is 5.56 Å². The van der Waals surface area contributed by atoms with Crippen LogP contribution in [0.4, 0.5) is 5.69 Å². The third-order valence-electron chi connectivity index (χ3n) is 2.05. The molecule has 0 aliphatic heterocycles. The van der Waals surface area contributed by atoms with Gasteiger partial charge in [0.15, 0.2) is 6.21 Å². The van der Waals surface area contributed by atoms with Crippen molar-refractivity contribution in [3.63, 3.8) is 0 Å². The molecule has 0 atom stereocenters. The van der Waals surface area contributed by atoms with Gasteiger partial charge >= 0.3 is 0 Å². The maximum atomic E-state index is 5.76. The summed E-state index contributed by atoms with van der Waals surface area (Å²) in [7, 11) is 0. The minimum Gasteiger partial charge on any atom is -0.398 e. The minimum absolute atomic E-state index is 0.693. The number of rotatable bonds is 4. The summed E-state index contributed by atoms with van der Waals surface area (Å²) in [5.74, 6) is 0. The molecule has 0 spiro atoms. The van der Waals surface area contributed by atoms with Crippen LogP contribution in [0.1, 0.15) is 17.5 Å². The van der Waals surface area contributed by atoms with E-state index in [4.69, 9.17) is 16.9 Å². The lowest BCUT2D eigenvalue weighted by atomic mass is 10.0. The quantitative estimate of drug-likeness (QED) is 0.423. The summed E-state index contributed by atoms with van der Waals surface area (Å²) >= 11 is 0. The Balaban J connectivity index is 2.91. The summed E-state index contributed by atoms with van der Waals surface area (Å²) < 4.78 is 0. The second kappa shape index (κ2) is 4.62. The van der Waals surface area contributed by atoms with E-state index in [-0.39, 0.29) is 0 Å². The Hall–Kier alpha value is -1.35. The van der Waals surface area contributed by atoms with Gasteiger partial charge in [0, 0.05) is 5.69 Å². The largest absolute Gasteiger partial charge is 0.398 e. The van der Waals surface area contributed by atoms with Gasteiger partial charge in [0.1, 0.15) is 0 Å². The number of nitrogen functional groups attached to an aromatic ring is 1. The van der Waals surface area contributed by atoms with E-state index < -0.39 is 0 Å². The number of nitrogens with two attached hydrogens (primary N) is 3. The third kappa shape index (κ3) is 2.29. The number of aryl methyl sites for hydroxylation is 1. The van der Waals surface area contributed by atoms with E-state index in [0.29, 0.717) is 6.54 Å². The molecular formula is C10H16N3+. The molecule has 0 heterocycles. The van der Waals surface area contributed by atoms with Crippen LogP contribution in [0.2, 0.25) is 0 Å². The van der Waals surface area contributed by atoms with Crippen LogP contribution in [0.15, 0.2) is 18.2 Å². The molecule has 3 nitrogen and oxygen atoms in total. The van der Waals surface area contributed by atoms with E-state index in [2.05, 4.69) is 0 Å². The molecule has 0 radical (unpaired) electrons. The second-order valence-electron chi connectivity index (χ2n) is 2.98. The van der Waals surface area contributed by atoms with E-state index in [1.807, 2.05) is 18.2 Å². The van der Waals surface area contributed by atoms with Crippen molar-refractivity contribution in [3.8, 4) is 0 Å². The molecule has 1 aromatic rings. The van der Waals surface area contributed by atoms with Crippen LogP contribution in [0.5, 0.6) is 0 Å². The highest BCUT2D eigenvalue weighted by Gasteiger charge is 2.04. The van der Waals surface area contributed by atoms with Crippen LogP contribution < -0.4 is 16.9 Å². The standard InChI is InChI=1S/C10H15N3/c11-6-2-4-8-3-1-5-10(13)9(8)7-12/h1,3,5,7,12H,2,4,6,11,13H2/p+1. The lowest BCUT2D eigenvalue weighted by molar-refractivity contribution is -0.104. The zero-order valence-corrected chi connectivity index (χ0v) is 7.66. The molecule has 0 aliphatic rings. The molecule has 1 aromatic carbocycles. The molecule has 13 heavy (non-hydrogen) atoms. The van der Waals surface area contributed by atoms with Crippen LogP contribution in [0.25, 0.3) is 0 Å². The van der Waals surface area contributed by atoms with Gasteiger partial charge in [-0.1, -0.05) is 12.1 Å². The summed E-state index contributed by atoms with van der Waals surface area (Å²) in [4.78, 5) is 0. The number of hydrogen-bond acceptors (Lipinski definition) is 2. The molecule has 3 heteroatoms. The van der Waals surface area contributed by atoms with E-state index in [9.17, 15) is 0 Å². The topological polar surface area (TPSA) is 77.6 Å². The zero-order chi connectivity index (χ0) is 9.68. The van der Waals surface area contributed by atoms with Crippen molar-refractivity contribution in [3.05, 3.63) is 29.3 Å². The highest BCUT2D eigenvalue weighted by molar-refractivity contribution is 5.85. The van der Waals surface area contributed by atoms with Crippen molar-refractivity contribution in [1.82, 2.24) is 0 Å². The third-order valence-corrected chi connectivity index (χ3v) is 2.05. The van der Waals surface area contributed by atoms with Gasteiger partial charge in [-0.15, -0.1) is 0 Å². The Morgan fingerprint density at radius 3 is 2.77 bits per heavy atom. The van der Waals surface area contributed by atoms with Gasteiger partial charge in [-0.25, -0.2) is 0 Å². The van der Waals surface area contributed by atoms with Crippen LogP contribution in [0.3, 0.4) is 0 Å². The Kier molecular flexibility index (Phi) is 3.46.